The van der Waals surface area contributed by atoms with E-state index in [1.54, 1.807) is 66.7 Å². The second-order valence-electron chi connectivity index (χ2n) is 9.41. The highest BCUT2D eigenvalue weighted by atomic mass is 35.5. The van der Waals surface area contributed by atoms with Crippen LogP contribution in [-0.4, -0.2) is 50.9 Å². The van der Waals surface area contributed by atoms with E-state index in [4.69, 9.17) is 16.3 Å². The van der Waals surface area contributed by atoms with Gasteiger partial charge in [0.25, 0.3) is 10.0 Å². The third-order valence-corrected chi connectivity index (χ3v) is 8.66. The van der Waals surface area contributed by atoms with Gasteiger partial charge >= 0.3 is 0 Å². The van der Waals surface area contributed by atoms with Gasteiger partial charge in [-0.25, -0.2) is 8.42 Å². The number of carbonyl (C=O) groups excluding carboxylic acids is 2. The number of carbonyl (C=O) groups is 2. The van der Waals surface area contributed by atoms with Crippen LogP contribution in [0.4, 0.5) is 5.69 Å². The summed E-state index contributed by atoms with van der Waals surface area (Å²) in [5.74, 6) is -0.262. The Bertz CT molecular complexity index is 1370. The first kappa shape index (κ1) is 31.0. The first-order valence-electron chi connectivity index (χ1n) is 13.2. The molecular formula is C30H36ClN3O5S. The maximum atomic E-state index is 14.0. The number of methoxy groups -OCH3 is 1. The summed E-state index contributed by atoms with van der Waals surface area (Å²) in [6, 6.07) is 20.5. The van der Waals surface area contributed by atoms with Gasteiger partial charge in [0.15, 0.2) is 0 Å². The molecule has 0 saturated carbocycles. The molecule has 0 aliphatic heterocycles. The summed E-state index contributed by atoms with van der Waals surface area (Å²) in [5.41, 5.74) is 1.05. The summed E-state index contributed by atoms with van der Waals surface area (Å²) in [6.07, 6.45) is 1.07. The second-order valence-corrected chi connectivity index (χ2v) is 11.7. The number of halogens is 1. The largest absolute Gasteiger partial charge is 0.497 e. The van der Waals surface area contributed by atoms with Crippen molar-refractivity contribution < 1.29 is 22.7 Å². The molecule has 0 fully saturated rings. The fourth-order valence-electron chi connectivity index (χ4n) is 4.14. The van der Waals surface area contributed by atoms with Gasteiger partial charge in [0.1, 0.15) is 18.3 Å². The molecule has 0 saturated heterocycles. The Morgan fingerprint density at radius 1 is 0.925 bits per heavy atom. The summed E-state index contributed by atoms with van der Waals surface area (Å²) in [7, 11) is -2.61. The van der Waals surface area contributed by atoms with E-state index in [1.165, 1.54) is 24.1 Å². The van der Waals surface area contributed by atoms with Gasteiger partial charge < -0.3 is 15.0 Å². The van der Waals surface area contributed by atoms with Crippen molar-refractivity contribution in [1.82, 2.24) is 10.2 Å². The fourth-order valence-corrected chi connectivity index (χ4v) is 5.71. The minimum atomic E-state index is -4.13. The van der Waals surface area contributed by atoms with E-state index in [-0.39, 0.29) is 23.4 Å². The van der Waals surface area contributed by atoms with Crippen LogP contribution in [0.25, 0.3) is 0 Å². The molecule has 0 bridgehead atoms. The van der Waals surface area contributed by atoms with Crippen molar-refractivity contribution >= 4 is 39.1 Å². The molecule has 0 aliphatic rings. The topological polar surface area (TPSA) is 96.0 Å². The summed E-state index contributed by atoms with van der Waals surface area (Å²) in [5, 5.41) is 3.51. The van der Waals surface area contributed by atoms with Crippen LogP contribution in [0.3, 0.4) is 0 Å². The normalized spacial score (nSPS) is 12.7. The zero-order valence-electron chi connectivity index (χ0n) is 23.2. The fraction of sp³-hybridized carbons (Fsp3) is 0.333. The number of ether oxygens (including phenoxy) is 1. The van der Waals surface area contributed by atoms with Crippen molar-refractivity contribution in [3.05, 3.63) is 89.4 Å². The number of amides is 2. The number of benzene rings is 3. The van der Waals surface area contributed by atoms with Crippen LogP contribution >= 0.6 is 11.6 Å². The quantitative estimate of drug-likeness (QED) is 0.295. The van der Waals surface area contributed by atoms with Crippen molar-refractivity contribution in [2.45, 2.75) is 57.1 Å². The number of anilines is 1. The number of nitrogens with zero attached hydrogens (tertiary/aromatic N) is 2. The number of nitrogens with one attached hydrogen (secondary N) is 1. The molecule has 10 heteroatoms. The van der Waals surface area contributed by atoms with Gasteiger partial charge in [-0.05, 0) is 73.9 Å². The van der Waals surface area contributed by atoms with Crippen LogP contribution in [0.15, 0.2) is 83.8 Å². The van der Waals surface area contributed by atoms with Crippen LogP contribution < -0.4 is 14.4 Å². The molecular weight excluding hydrogens is 550 g/mol. The Morgan fingerprint density at radius 2 is 1.55 bits per heavy atom. The number of sulfonamides is 1. The predicted octanol–water partition coefficient (Wildman–Crippen LogP) is 5.27. The van der Waals surface area contributed by atoms with Gasteiger partial charge in [-0.1, -0.05) is 55.8 Å². The van der Waals surface area contributed by atoms with Crippen molar-refractivity contribution in [3.8, 4) is 5.75 Å². The van der Waals surface area contributed by atoms with E-state index in [0.717, 1.165) is 16.3 Å². The van der Waals surface area contributed by atoms with Crippen molar-refractivity contribution in [3.63, 3.8) is 0 Å². The van der Waals surface area contributed by atoms with E-state index >= 15 is 0 Å². The molecule has 2 atom stereocenters. The first-order chi connectivity index (χ1) is 19.1. The average molecular weight is 586 g/mol. The van der Waals surface area contributed by atoms with Crippen LogP contribution in [0.2, 0.25) is 5.02 Å². The zero-order chi connectivity index (χ0) is 29.3. The Kier molecular flexibility index (Phi) is 11.0. The molecule has 0 unspecified atom stereocenters. The zero-order valence-corrected chi connectivity index (χ0v) is 24.8. The third-order valence-electron chi connectivity index (χ3n) is 6.62. The molecule has 3 rings (SSSR count). The monoisotopic (exact) mass is 585 g/mol. The van der Waals surface area contributed by atoms with Gasteiger partial charge in [-0.3, -0.25) is 13.9 Å². The summed E-state index contributed by atoms with van der Waals surface area (Å²) in [6.45, 7) is 5.27. The molecule has 214 valence electrons. The number of rotatable bonds is 13. The minimum Gasteiger partial charge on any atom is -0.497 e. The minimum absolute atomic E-state index is 0.0458. The van der Waals surface area contributed by atoms with Crippen LogP contribution in [0.5, 0.6) is 5.75 Å². The Hall–Kier alpha value is -3.56. The highest BCUT2D eigenvalue weighted by Crippen LogP contribution is 2.27. The first-order valence-corrected chi connectivity index (χ1v) is 15.0. The molecule has 1 N–H and O–H groups in total. The SMILES string of the molecule is CC[C@H](C)NC(=O)[C@H](CC)N(Cc1ccc(Cl)cc1)C(=O)CN(c1ccc(OC)cc1)S(=O)(=O)c1ccccc1. The molecule has 8 nitrogen and oxygen atoms in total. The lowest BCUT2D eigenvalue weighted by atomic mass is 10.1. The van der Waals surface area contributed by atoms with Gasteiger partial charge in [0.05, 0.1) is 17.7 Å². The number of hydrogen-bond acceptors (Lipinski definition) is 5. The van der Waals surface area contributed by atoms with E-state index in [2.05, 4.69) is 5.32 Å². The van der Waals surface area contributed by atoms with Crippen molar-refractivity contribution in [2.24, 2.45) is 0 Å². The molecule has 0 heterocycles. The summed E-state index contributed by atoms with van der Waals surface area (Å²) in [4.78, 5) is 28.8. The van der Waals surface area contributed by atoms with Gasteiger partial charge in [0, 0.05) is 17.6 Å². The predicted molar refractivity (Wildman–Crippen MR) is 158 cm³/mol. The van der Waals surface area contributed by atoms with E-state index in [0.29, 0.717) is 22.9 Å². The lowest BCUT2D eigenvalue weighted by Gasteiger charge is -2.33. The molecule has 2 amide bonds. The lowest BCUT2D eigenvalue weighted by molar-refractivity contribution is -0.140. The summed E-state index contributed by atoms with van der Waals surface area (Å²) >= 11 is 6.06. The molecule has 40 heavy (non-hydrogen) atoms. The van der Waals surface area contributed by atoms with E-state index in [1.807, 2.05) is 20.8 Å². The molecule has 0 aliphatic carbocycles. The van der Waals surface area contributed by atoms with Crippen molar-refractivity contribution in [2.75, 3.05) is 18.0 Å². The summed E-state index contributed by atoms with van der Waals surface area (Å²) < 4.78 is 34.0. The Labute approximate surface area is 241 Å². The molecule has 3 aromatic carbocycles. The van der Waals surface area contributed by atoms with Crippen LogP contribution in [-0.2, 0) is 26.2 Å². The molecule has 0 aromatic heterocycles. The molecule has 0 spiro atoms. The Morgan fingerprint density at radius 3 is 2.10 bits per heavy atom. The highest BCUT2D eigenvalue weighted by Gasteiger charge is 2.34. The molecule has 0 radical (unpaired) electrons. The standard InChI is InChI=1S/C30H36ClN3O5S/c1-5-22(3)32-30(36)28(6-2)33(20-23-12-14-24(31)15-13-23)29(35)21-34(25-16-18-26(39-4)19-17-25)40(37,38)27-10-8-7-9-11-27/h7-19,22,28H,5-6,20-21H2,1-4H3,(H,32,36)/t22-,28-/m0/s1. The maximum Gasteiger partial charge on any atom is 0.264 e. The second kappa shape index (κ2) is 14.2. The third kappa shape index (κ3) is 7.76. The van der Waals surface area contributed by atoms with Gasteiger partial charge in [0.2, 0.25) is 11.8 Å². The molecule has 3 aromatic rings. The number of hydrogen-bond donors (Lipinski definition) is 1. The smallest absolute Gasteiger partial charge is 0.264 e. The van der Waals surface area contributed by atoms with E-state index < -0.39 is 28.5 Å². The van der Waals surface area contributed by atoms with Crippen LogP contribution in [0.1, 0.15) is 39.2 Å². The lowest BCUT2D eigenvalue weighted by Crippen LogP contribution is -2.53. The maximum absolute atomic E-state index is 14.0. The Balaban J connectivity index is 2.04. The van der Waals surface area contributed by atoms with E-state index in [9.17, 15) is 18.0 Å². The van der Waals surface area contributed by atoms with Crippen molar-refractivity contribution in [1.29, 1.82) is 0 Å². The van der Waals surface area contributed by atoms with Gasteiger partial charge in [-0.15, -0.1) is 0 Å². The average Bonchev–Trinajstić information content (AvgIpc) is 2.97. The highest BCUT2D eigenvalue weighted by molar-refractivity contribution is 7.92. The van der Waals surface area contributed by atoms with Crippen LogP contribution in [0, 0.1) is 0 Å². The van der Waals surface area contributed by atoms with Gasteiger partial charge in [-0.2, -0.15) is 0 Å².